The molecule has 0 unspecified atom stereocenters. The molecule has 0 saturated carbocycles. The minimum absolute atomic E-state index is 0.398. The van der Waals surface area contributed by atoms with Crippen LogP contribution in [0.4, 0.5) is 0 Å². The van der Waals surface area contributed by atoms with Crippen LogP contribution in [-0.2, 0) is 14.1 Å². The number of benzene rings is 1. The van der Waals surface area contributed by atoms with Crippen LogP contribution in [0.15, 0.2) is 23.1 Å². The van der Waals surface area contributed by atoms with Crippen molar-refractivity contribution in [2.24, 2.45) is 0 Å². The van der Waals surface area contributed by atoms with Crippen molar-refractivity contribution >= 4 is 16.9 Å². The number of hydrogen-bond donors (Lipinski definition) is 0. The first-order valence-corrected chi connectivity index (χ1v) is 16.0. The van der Waals surface area contributed by atoms with Crippen LogP contribution in [0.3, 0.4) is 0 Å². The zero-order chi connectivity index (χ0) is 22.0. The van der Waals surface area contributed by atoms with Crippen LogP contribution in [0.5, 0.6) is 0 Å². The van der Waals surface area contributed by atoms with E-state index >= 15 is 0 Å². The fourth-order valence-electron chi connectivity index (χ4n) is 4.56. The zero-order valence-corrected chi connectivity index (χ0v) is 21.5. The van der Waals surface area contributed by atoms with E-state index in [1.165, 1.54) is 0 Å². The van der Waals surface area contributed by atoms with E-state index < -0.39 is 16.9 Å². The van der Waals surface area contributed by atoms with E-state index in [1.807, 2.05) is 32.0 Å². The van der Waals surface area contributed by atoms with Crippen LogP contribution in [0.1, 0.15) is 90.2 Å². The quantitative estimate of drug-likeness (QED) is 0.261. The third-order valence-corrected chi connectivity index (χ3v) is 15.7. The Kier molecular flexibility index (Phi) is 10.8. The average molecular weight is 445 g/mol. The Bertz CT molecular complexity index is 664. The maximum absolute atomic E-state index is 13.8. The molecule has 0 aromatic heterocycles. The summed E-state index contributed by atoms with van der Waals surface area (Å²) in [6.07, 6.45) is 12.3. The first kappa shape index (κ1) is 26.6. The van der Waals surface area contributed by atoms with Gasteiger partial charge in [0.1, 0.15) is 0 Å². The Hall–Kier alpha value is -0.440. The van der Waals surface area contributed by atoms with Gasteiger partial charge in [-0.2, -0.15) is 0 Å². The maximum atomic E-state index is 13.8. The molecule has 1 aromatic carbocycles. The molecule has 170 valence electrons. The van der Waals surface area contributed by atoms with Crippen LogP contribution >= 0.6 is 6.83 Å². The van der Waals surface area contributed by atoms with Crippen LogP contribution in [0.2, 0.25) is 0 Å². The van der Waals surface area contributed by atoms with E-state index in [9.17, 15) is 8.42 Å². The van der Waals surface area contributed by atoms with Gasteiger partial charge in [0.2, 0.25) is 0 Å². The van der Waals surface area contributed by atoms with Crippen molar-refractivity contribution < 1.29 is 12.4 Å². The Balaban J connectivity index is 3.60. The molecule has 29 heavy (non-hydrogen) atoms. The van der Waals surface area contributed by atoms with Gasteiger partial charge >= 0.3 is 181 Å². The second-order valence-corrected chi connectivity index (χ2v) is 16.3. The monoisotopic (exact) mass is 444 g/mol. The average Bonchev–Trinajstić information content (AvgIpc) is 2.67. The van der Waals surface area contributed by atoms with Gasteiger partial charge in [-0.05, 0) is 0 Å². The summed E-state index contributed by atoms with van der Waals surface area (Å²) in [5.41, 5.74) is 1.58. The molecule has 0 bridgehead atoms. The topological polar surface area (TPSA) is 43.4 Å². The summed E-state index contributed by atoms with van der Waals surface area (Å²) in [5.74, 6) is 0. The first-order valence-electron chi connectivity index (χ1n) is 11.7. The summed E-state index contributed by atoms with van der Waals surface area (Å²) in [6.45, 7) is 9.68. The van der Waals surface area contributed by atoms with Gasteiger partial charge in [-0.15, -0.1) is 0 Å². The molecule has 3 nitrogen and oxygen atoms in total. The third-order valence-electron chi connectivity index (χ3n) is 6.28. The zero-order valence-electron chi connectivity index (χ0n) is 19.8. The van der Waals surface area contributed by atoms with E-state index in [4.69, 9.17) is 3.97 Å². The van der Waals surface area contributed by atoms with E-state index in [2.05, 4.69) is 27.7 Å². The summed E-state index contributed by atoms with van der Waals surface area (Å²) in [5, 5.41) is 0. The summed E-state index contributed by atoms with van der Waals surface area (Å²) in [4.78, 5) is 0.398. The van der Waals surface area contributed by atoms with Crippen LogP contribution in [0.25, 0.3) is 0 Å². The molecular weight excluding hydrogens is 399 g/mol. The Morgan fingerprint density at radius 3 is 1.38 bits per heavy atom. The van der Waals surface area contributed by atoms with Crippen molar-refractivity contribution in [1.29, 1.82) is 0 Å². The van der Waals surface area contributed by atoms with Crippen molar-refractivity contribution in [3.05, 3.63) is 29.3 Å². The Morgan fingerprint density at radius 1 is 0.724 bits per heavy atom. The van der Waals surface area contributed by atoms with Gasteiger partial charge in [-0.3, -0.25) is 0 Å². The molecule has 1 rings (SSSR count). The normalized spacial score (nSPS) is 13.9. The molecule has 0 saturated heterocycles. The predicted octanol–water partition coefficient (Wildman–Crippen LogP) is 7.68. The fourth-order valence-corrected chi connectivity index (χ4v) is 15.0. The molecule has 0 N–H and O–H groups in total. The molecule has 0 aliphatic carbocycles. The number of rotatable bonds is 15. The van der Waals surface area contributed by atoms with Gasteiger partial charge in [-0.25, -0.2) is 0 Å². The second kappa shape index (κ2) is 11.8. The summed E-state index contributed by atoms with van der Waals surface area (Å²) in [7, 11) is -3.80. The minimum atomic E-state index is -3.80. The van der Waals surface area contributed by atoms with Crippen LogP contribution in [0, 0.1) is 13.8 Å². The van der Waals surface area contributed by atoms with Gasteiger partial charge in [0.15, 0.2) is 0 Å². The number of hydrogen-bond acceptors (Lipinski definition) is 3. The van der Waals surface area contributed by atoms with Crippen molar-refractivity contribution in [3.8, 4) is 0 Å². The van der Waals surface area contributed by atoms with Crippen molar-refractivity contribution in [1.82, 2.24) is 0 Å². The molecule has 0 radical (unpaired) electrons. The van der Waals surface area contributed by atoms with Gasteiger partial charge in [0.25, 0.3) is 0 Å². The SMILES string of the molecule is CCCCP(CCCC)(CCCC)(CCCC)OS(=O)(=O)c1c(C)cccc1C. The van der Waals surface area contributed by atoms with Gasteiger partial charge in [0.05, 0.1) is 0 Å². The molecule has 0 heterocycles. The van der Waals surface area contributed by atoms with Crippen molar-refractivity contribution in [2.45, 2.75) is 97.8 Å². The van der Waals surface area contributed by atoms with E-state index in [0.717, 1.165) is 87.1 Å². The molecular formula is C24H45O3PS. The molecule has 0 atom stereocenters. The molecule has 0 amide bonds. The predicted molar refractivity (Wildman–Crippen MR) is 130 cm³/mol. The van der Waals surface area contributed by atoms with Crippen LogP contribution in [-0.4, -0.2) is 33.1 Å². The van der Waals surface area contributed by atoms with E-state index in [0.29, 0.717) is 4.90 Å². The van der Waals surface area contributed by atoms with Crippen molar-refractivity contribution in [2.75, 3.05) is 24.6 Å². The van der Waals surface area contributed by atoms with E-state index in [1.54, 1.807) is 0 Å². The number of unbranched alkanes of at least 4 members (excludes halogenated alkanes) is 4. The molecule has 0 aliphatic rings. The van der Waals surface area contributed by atoms with Gasteiger partial charge < -0.3 is 0 Å². The third kappa shape index (κ3) is 7.04. The number of aryl methyl sites for hydroxylation is 2. The second-order valence-electron chi connectivity index (χ2n) is 8.92. The molecule has 5 heteroatoms. The molecule has 0 spiro atoms. The summed E-state index contributed by atoms with van der Waals surface area (Å²) < 4.78 is 34.2. The fraction of sp³-hybridized carbons (Fsp3) is 0.750. The molecule has 1 aromatic rings. The Morgan fingerprint density at radius 2 is 1.07 bits per heavy atom. The molecule has 0 aliphatic heterocycles. The van der Waals surface area contributed by atoms with E-state index in [-0.39, 0.29) is 0 Å². The van der Waals surface area contributed by atoms with Gasteiger partial charge in [0, 0.05) is 0 Å². The first-order chi connectivity index (χ1) is 13.7. The van der Waals surface area contributed by atoms with Crippen molar-refractivity contribution in [3.63, 3.8) is 0 Å². The van der Waals surface area contributed by atoms with Gasteiger partial charge in [-0.1, -0.05) is 0 Å². The standard InChI is InChI=1S/C24H45O3PS/c1-7-11-18-28(19-12-8-2,20-13-9-3,21-14-10-4)27-29(25,26)24-22(5)16-15-17-23(24)6/h15-17H,7-14,18-21H2,1-6H3. The summed E-state index contributed by atoms with van der Waals surface area (Å²) >= 11 is 0. The van der Waals surface area contributed by atoms with Crippen LogP contribution < -0.4 is 0 Å². The summed E-state index contributed by atoms with van der Waals surface area (Å²) in [6, 6.07) is 5.69. The molecule has 0 fully saturated rings. The Labute approximate surface area is 181 Å².